The third kappa shape index (κ3) is 3.28. The van der Waals surface area contributed by atoms with Crippen molar-refractivity contribution >= 4 is 64.3 Å². The lowest BCUT2D eigenvalue weighted by atomic mass is 10.1. The van der Waals surface area contributed by atoms with E-state index in [2.05, 4.69) is 149 Å². The van der Waals surface area contributed by atoms with E-state index in [4.69, 9.17) is 4.98 Å². The molecule has 0 aliphatic carbocycles. The highest BCUT2D eigenvalue weighted by Crippen LogP contribution is 2.44. The molecule has 4 aromatic heterocycles. The zero-order valence-electron chi connectivity index (χ0n) is 22.0. The summed E-state index contributed by atoms with van der Waals surface area (Å²) in [4.78, 5) is 5.31. The summed E-state index contributed by atoms with van der Waals surface area (Å²) < 4.78 is 7.35. The highest BCUT2D eigenvalue weighted by molar-refractivity contribution is 7.26. The van der Waals surface area contributed by atoms with E-state index in [-0.39, 0.29) is 0 Å². The SMILES string of the molecule is c1ccc(-c2ccc3c(n2)c2ccc4sc5ccccc5c4c2n3-c2cn(-c3ccccc3)c3ccccc23)cc1. The number of fused-ring (bicyclic) bond motifs is 8. The second kappa shape index (κ2) is 8.65. The van der Waals surface area contributed by atoms with E-state index < -0.39 is 0 Å². The second-order valence-corrected chi connectivity index (χ2v) is 11.5. The van der Waals surface area contributed by atoms with Crippen LogP contribution in [0.25, 0.3) is 75.6 Å². The Bertz CT molecular complexity index is 2410. The van der Waals surface area contributed by atoms with Gasteiger partial charge in [0.2, 0.25) is 0 Å². The monoisotopic (exact) mass is 541 g/mol. The largest absolute Gasteiger partial charge is 0.314 e. The van der Waals surface area contributed by atoms with Gasteiger partial charge in [0.15, 0.2) is 0 Å². The van der Waals surface area contributed by atoms with Gasteiger partial charge in [-0.05, 0) is 48.5 Å². The molecule has 9 rings (SSSR count). The molecule has 4 heterocycles. The predicted molar refractivity (Wildman–Crippen MR) is 174 cm³/mol. The van der Waals surface area contributed by atoms with E-state index in [1.807, 2.05) is 11.3 Å². The molecule has 0 amide bonds. The zero-order valence-corrected chi connectivity index (χ0v) is 22.8. The van der Waals surface area contributed by atoms with Gasteiger partial charge >= 0.3 is 0 Å². The molecule has 0 spiro atoms. The molecule has 0 saturated carbocycles. The first kappa shape index (κ1) is 22.6. The van der Waals surface area contributed by atoms with Crippen molar-refractivity contribution in [2.75, 3.05) is 0 Å². The average Bonchev–Trinajstić information content (AvgIpc) is 3.71. The van der Waals surface area contributed by atoms with Crippen molar-refractivity contribution in [1.29, 1.82) is 0 Å². The molecule has 0 aliphatic rings. The quantitative estimate of drug-likeness (QED) is 0.218. The summed E-state index contributed by atoms with van der Waals surface area (Å²) in [6.07, 6.45) is 2.29. The van der Waals surface area contributed by atoms with Gasteiger partial charge in [-0.15, -0.1) is 11.3 Å². The van der Waals surface area contributed by atoms with Gasteiger partial charge in [-0.2, -0.15) is 0 Å². The first-order valence-electron chi connectivity index (χ1n) is 13.8. The van der Waals surface area contributed by atoms with E-state index >= 15 is 0 Å². The maximum Gasteiger partial charge on any atom is 0.0971 e. The molecule has 5 aromatic carbocycles. The van der Waals surface area contributed by atoms with Crippen molar-refractivity contribution in [3.63, 3.8) is 0 Å². The van der Waals surface area contributed by atoms with Crippen molar-refractivity contribution in [3.05, 3.63) is 140 Å². The zero-order chi connectivity index (χ0) is 26.9. The standard InChI is InChI=1S/C37H23N3S/c1-3-11-24(12-4-1)29-20-21-31-36(38-29)28-19-22-34-35(27-16-8-10-18-33(27)41-34)37(28)40(31)32-23-39(25-13-5-2-6-14-25)30-17-9-7-15-26(30)32/h1-23H. The Balaban J connectivity index is 1.47. The minimum absolute atomic E-state index is 0.985. The van der Waals surface area contributed by atoms with Crippen LogP contribution >= 0.6 is 11.3 Å². The van der Waals surface area contributed by atoms with Crippen molar-refractivity contribution in [3.8, 4) is 22.6 Å². The molecule has 0 aliphatic heterocycles. The summed E-state index contributed by atoms with van der Waals surface area (Å²) in [7, 11) is 0. The number of hydrogen-bond donors (Lipinski definition) is 0. The third-order valence-corrected chi connectivity index (χ3v) is 9.28. The van der Waals surface area contributed by atoms with Crippen LogP contribution < -0.4 is 0 Å². The lowest BCUT2D eigenvalue weighted by molar-refractivity contribution is 1.10. The molecule has 0 bridgehead atoms. The topological polar surface area (TPSA) is 22.8 Å². The number of thiophene rings is 1. The molecule has 0 saturated heterocycles. The summed E-state index contributed by atoms with van der Waals surface area (Å²) in [5.41, 5.74) is 8.93. The number of rotatable bonds is 3. The maximum absolute atomic E-state index is 5.31. The Hall–Kier alpha value is -5.19. The normalized spacial score (nSPS) is 11.9. The van der Waals surface area contributed by atoms with E-state index in [9.17, 15) is 0 Å². The highest BCUT2D eigenvalue weighted by atomic mass is 32.1. The van der Waals surface area contributed by atoms with Crippen LogP contribution in [0.3, 0.4) is 0 Å². The van der Waals surface area contributed by atoms with Crippen molar-refractivity contribution in [2.45, 2.75) is 0 Å². The smallest absolute Gasteiger partial charge is 0.0971 e. The van der Waals surface area contributed by atoms with Crippen LogP contribution in [-0.4, -0.2) is 14.1 Å². The molecule has 0 atom stereocenters. The summed E-state index contributed by atoms with van der Waals surface area (Å²) in [5, 5.41) is 4.96. The first-order valence-corrected chi connectivity index (χ1v) is 14.6. The van der Waals surface area contributed by atoms with E-state index in [1.165, 1.54) is 42.0 Å². The predicted octanol–water partition coefficient (Wildman–Crippen LogP) is 10.2. The van der Waals surface area contributed by atoms with Crippen LogP contribution in [0.1, 0.15) is 0 Å². The molecule has 0 fully saturated rings. The summed E-state index contributed by atoms with van der Waals surface area (Å²) in [6.45, 7) is 0. The van der Waals surface area contributed by atoms with Crippen LogP contribution in [0.5, 0.6) is 0 Å². The Kier molecular flexibility index (Phi) is 4.77. The summed E-state index contributed by atoms with van der Waals surface area (Å²) >= 11 is 1.86. The first-order chi connectivity index (χ1) is 20.3. The van der Waals surface area contributed by atoms with Gasteiger partial charge in [-0.3, -0.25) is 0 Å². The van der Waals surface area contributed by atoms with Gasteiger partial charge in [0.05, 0.1) is 33.4 Å². The van der Waals surface area contributed by atoms with Crippen molar-refractivity contribution < 1.29 is 0 Å². The van der Waals surface area contributed by atoms with Crippen molar-refractivity contribution in [1.82, 2.24) is 14.1 Å². The van der Waals surface area contributed by atoms with Crippen LogP contribution in [0, 0.1) is 0 Å². The van der Waals surface area contributed by atoms with Gasteiger partial charge in [0.25, 0.3) is 0 Å². The number of nitrogens with zero attached hydrogens (tertiary/aromatic N) is 3. The van der Waals surface area contributed by atoms with Gasteiger partial charge in [-0.1, -0.05) is 84.9 Å². The van der Waals surface area contributed by atoms with E-state index in [0.717, 1.165) is 33.7 Å². The molecule has 9 aromatic rings. The lowest BCUT2D eigenvalue weighted by Crippen LogP contribution is -1.95. The lowest BCUT2D eigenvalue weighted by Gasteiger charge is -2.08. The number of para-hydroxylation sites is 2. The Morgan fingerprint density at radius 1 is 0.537 bits per heavy atom. The van der Waals surface area contributed by atoms with Crippen LogP contribution in [0.15, 0.2) is 140 Å². The van der Waals surface area contributed by atoms with Gasteiger partial charge in [0.1, 0.15) is 0 Å². The van der Waals surface area contributed by atoms with E-state index in [1.54, 1.807) is 0 Å². The number of pyridine rings is 1. The Labute approximate surface area is 240 Å². The van der Waals surface area contributed by atoms with Gasteiger partial charge in [0, 0.05) is 48.4 Å². The third-order valence-electron chi connectivity index (χ3n) is 8.15. The second-order valence-electron chi connectivity index (χ2n) is 10.4. The molecular formula is C37H23N3S. The molecule has 0 unspecified atom stereocenters. The summed E-state index contributed by atoms with van der Waals surface area (Å²) in [6, 6.07) is 47.5. The number of hydrogen-bond acceptors (Lipinski definition) is 2. The average molecular weight is 542 g/mol. The molecule has 4 heteroatoms. The Morgan fingerprint density at radius 3 is 2.12 bits per heavy atom. The summed E-state index contributed by atoms with van der Waals surface area (Å²) in [5.74, 6) is 0. The fourth-order valence-corrected chi connectivity index (χ4v) is 7.44. The minimum Gasteiger partial charge on any atom is -0.314 e. The molecule has 41 heavy (non-hydrogen) atoms. The van der Waals surface area contributed by atoms with Crippen molar-refractivity contribution in [2.24, 2.45) is 0 Å². The van der Waals surface area contributed by atoms with Crippen LogP contribution in [0.2, 0.25) is 0 Å². The van der Waals surface area contributed by atoms with Crippen LogP contribution in [-0.2, 0) is 0 Å². The number of benzene rings is 5. The molecule has 3 nitrogen and oxygen atoms in total. The molecule has 0 N–H and O–H groups in total. The molecule has 0 radical (unpaired) electrons. The van der Waals surface area contributed by atoms with E-state index in [0.29, 0.717) is 0 Å². The fourth-order valence-electron chi connectivity index (χ4n) is 6.33. The van der Waals surface area contributed by atoms with Crippen LogP contribution in [0.4, 0.5) is 0 Å². The molecule has 192 valence electrons. The highest BCUT2D eigenvalue weighted by Gasteiger charge is 2.22. The minimum atomic E-state index is 0.985. The number of aromatic nitrogens is 3. The fraction of sp³-hybridized carbons (Fsp3) is 0. The van der Waals surface area contributed by atoms with Gasteiger partial charge < -0.3 is 9.13 Å². The van der Waals surface area contributed by atoms with Gasteiger partial charge in [-0.25, -0.2) is 4.98 Å². The maximum atomic E-state index is 5.31. The molecular weight excluding hydrogens is 518 g/mol. The Morgan fingerprint density at radius 2 is 1.27 bits per heavy atom.